The van der Waals surface area contributed by atoms with Gasteiger partial charge in [0.05, 0.1) is 11.9 Å². The van der Waals surface area contributed by atoms with Crippen molar-refractivity contribution >= 4 is 10.1 Å². The topological polar surface area (TPSA) is 43.4 Å². The molecule has 0 bridgehead atoms. The molecule has 0 aromatic rings. The molecule has 0 unspecified atom stereocenters. The van der Waals surface area contributed by atoms with Crippen LogP contribution in [0.1, 0.15) is 14.3 Å². The van der Waals surface area contributed by atoms with Gasteiger partial charge in [0, 0.05) is 0 Å². The Hall–Kier alpha value is 1.29. The van der Waals surface area contributed by atoms with E-state index in [1.54, 1.807) is 0 Å². The van der Waals surface area contributed by atoms with E-state index in [9.17, 15) is 8.42 Å². The van der Waals surface area contributed by atoms with E-state index in [1.807, 2.05) is 0 Å². The van der Waals surface area contributed by atoms with Crippen molar-refractivity contribution in [2.75, 3.05) is 5.75 Å². The van der Waals surface area contributed by atoms with Gasteiger partial charge >= 0.3 is 51.4 Å². The van der Waals surface area contributed by atoms with Gasteiger partial charge in [-0.2, -0.15) is 8.42 Å². The van der Waals surface area contributed by atoms with Crippen LogP contribution < -0.4 is 51.4 Å². The first kappa shape index (κ1) is 12.3. The Bertz CT molecular complexity index is 223. The largest absolute Gasteiger partial charge is 1.00 e. The molecule has 60 valence electrons. The van der Waals surface area contributed by atoms with E-state index in [2.05, 4.69) is 6.58 Å². The summed E-state index contributed by atoms with van der Waals surface area (Å²) in [5.74, 6) is -0.0799. The van der Waals surface area contributed by atoms with E-state index in [-0.39, 0.29) is 64.7 Å². The van der Waals surface area contributed by atoms with Gasteiger partial charge in [-0.3, -0.25) is 4.18 Å². The first-order valence-electron chi connectivity index (χ1n) is 3.16. The minimum atomic E-state index is -3.29. The average Bonchev–Trinajstić information content (AvgIpc) is 2.48. The molecule has 1 fully saturated rings. The SMILES string of the molecule is C=CCS(=O)(=O)OC1CC1.[H-].[K+]. The summed E-state index contributed by atoms with van der Waals surface area (Å²) in [6.45, 7) is 3.31. The molecule has 0 aliphatic heterocycles. The maximum Gasteiger partial charge on any atom is 1.00 e. The minimum Gasteiger partial charge on any atom is -1.00 e. The molecule has 0 aromatic heterocycles. The molecule has 0 aromatic carbocycles. The molecular formula is C6H11KO3S. The smallest absolute Gasteiger partial charge is 1.00 e. The molecule has 1 rings (SSSR count). The quantitative estimate of drug-likeness (QED) is 0.295. The second-order valence-electron chi connectivity index (χ2n) is 2.31. The second-order valence-corrected chi connectivity index (χ2v) is 3.95. The fraction of sp³-hybridized carbons (Fsp3) is 0.667. The fourth-order valence-corrected chi connectivity index (χ4v) is 1.53. The first-order chi connectivity index (χ1) is 4.64. The number of hydrogen-bond acceptors (Lipinski definition) is 3. The molecule has 1 aliphatic rings. The second kappa shape index (κ2) is 5.11. The molecule has 11 heavy (non-hydrogen) atoms. The predicted octanol–water partition coefficient (Wildman–Crippen LogP) is -2.20. The van der Waals surface area contributed by atoms with Crippen LogP contribution in [0.25, 0.3) is 0 Å². The summed E-state index contributed by atoms with van der Waals surface area (Å²) in [7, 11) is -3.29. The summed E-state index contributed by atoms with van der Waals surface area (Å²) in [6.07, 6.45) is 3.04. The van der Waals surface area contributed by atoms with Gasteiger partial charge in [-0.15, -0.1) is 6.58 Å². The zero-order valence-electron chi connectivity index (χ0n) is 7.62. The van der Waals surface area contributed by atoms with Gasteiger partial charge in [-0.25, -0.2) is 0 Å². The molecule has 0 spiro atoms. The van der Waals surface area contributed by atoms with Crippen LogP contribution >= 0.6 is 0 Å². The van der Waals surface area contributed by atoms with Crippen LogP contribution in [0, 0.1) is 0 Å². The van der Waals surface area contributed by atoms with Gasteiger partial charge < -0.3 is 1.43 Å². The molecule has 0 N–H and O–H groups in total. The third-order valence-electron chi connectivity index (χ3n) is 1.13. The third-order valence-corrected chi connectivity index (χ3v) is 2.34. The van der Waals surface area contributed by atoms with Crippen molar-refractivity contribution in [1.82, 2.24) is 0 Å². The molecular weight excluding hydrogens is 191 g/mol. The average molecular weight is 202 g/mol. The Labute approximate surface area is 111 Å². The Morgan fingerprint density at radius 3 is 2.55 bits per heavy atom. The van der Waals surface area contributed by atoms with Crippen molar-refractivity contribution in [2.45, 2.75) is 18.9 Å². The summed E-state index contributed by atoms with van der Waals surface area (Å²) >= 11 is 0. The van der Waals surface area contributed by atoms with E-state index >= 15 is 0 Å². The van der Waals surface area contributed by atoms with E-state index in [1.165, 1.54) is 6.08 Å². The van der Waals surface area contributed by atoms with Crippen LogP contribution in [0.4, 0.5) is 0 Å². The van der Waals surface area contributed by atoms with Crippen LogP contribution in [0.2, 0.25) is 0 Å². The van der Waals surface area contributed by atoms with Gasteiger partial charge in [-0.05, 0) is 12.8 Å². The first-order valence-corrected chi connectivity index (χ1v) is 4.73. The van der Waals surface area contributed by atoms with E-state index in [0.717, 1.165) is 12.8 Å². The zero-order valence-corrected chi connectivity index (χ0v) is 10.6. The molecule has 0 radical (unpaired) electrons. The normalized spacial score (nSPS) is 17.1. The van der Waals surface area contributed by atoms with Crippen LogP contribution in [0.15, 0.2) is 12.7 Å². The van der Waals surface area contributed by atoms with Gasteiger partial charge in [0.25, 0.3) is 10.1 Å². The molecule has 0 amide bonds. The zero-order chi connectivity index (χ0) is 7.61. The molecule has 1 saturated carbocycles. The van der Waals surface area contributed by atoms with Crippen LogP contribution in [-0.2, 0) is 14.3 Å². The Balaban J connectivity index is 0. The maximum atomic E-state index is 10.8. The summed E-state index contributed by atoms with van der Waals surface area (Å²) in [5, 5.41) is 0. The van der Waals surface area contributed by atoms with Crippen molar-refractivity contribution in [2.24, 2.45) is 0 Å². The number of rotatable bonds is 4. The summed E-state index contributed by atoms with van der Waals surface area (Å²) in [5.41, 5.74) is 0. The van der Waals surface area contributed by atoms with E-state index < -0.39 is 10.1 Å². The van der Waals surface area contributed by atoms with Crippen LogP contribution in [0.3, 0.4) is 0 Å². The monoisotopic (exact) mass is 202 g/mol. The van der Waals surface area contributed by atoms with Crippen LogP contribution in [-0.4, -0.2) is 20.3 Å². The predicted molar refractivity (Wildman–Crippen MR) is 39.2 cm³/mol. The number of hydrogen-bond donors (Lipinski definition) is 0. The molecule has 5 heteroatoms. The molecule has 3 nitrogen and oxygen atoms in total. The summed E-state index contributed by atoms with van der Waals surface area (Å²) in [4.78, 5) is 0. The van der Waals surface area contributed by atoms with Crippen molar-refractivity contribution < 1.29 is 65.4 Å². The van der Waals surface area contributed by atoms with E-state index in [4.69, 9.17) is 4.18 Å². The Kier molecular flexibility index (Phi) is 5.71. The molecule has 0 atom stereocenters. The Morgan fingerprint density at radius 2 is 2.18 bits per heavy atom. The standard InChI is InChI=1S/C6H10O3S.K.H/c1-2-5-10(7,8)9-6-3-4-6;;/h2,6H,1,3-5H2;;/q;+1;-1. The molecule has 0 heterocycles. The van der Waals surface area contributed by atoms with Gasteiger partial charge in [-0.1, -0.05) is 6.08 Å². The van der Waals surface area contributed by atoms with Crippen LogP contribution in [0.5, 0.6) is 0 Å². The van der Waals surface area contributed by atoms with Gasteiger partial charge in [0.15, 0.2) is 0 Å². The summed E-state index contributed by atoms with van der Waals surface area (Å²) < 4.78 is 26.3. The fourth-order valence-electron chi connectivity index (χ4n) is 0.555. The van der Waals surface area contributed by atoms with E-state index in [0.29, 0.717) is 0 Å². The van der Waals surface area contributed by atoms with Crippen molar-refractivity contribution in [1.29, 1.82) is 0 Å². The molecule has 1 aliphatic carbocycles. The van der Waals surface area contributed by atoms with Gasteiger partial charge in [0.1, 0.15) is 0 Å². The minimum absolute atomic E-state index is 0. The van der Waals surface area contributed by atoms with Crippen molar-refractivity contribution in [3.05, 3.63) is 12.7 Å². The Morgan fingerprint density at radius 1 is 1.64 bits per heavy atom. The van der Waals surface area contributed by atoms with Crippen molar-refractivity contribution in [3.63, 3.8) is 0 Å². The summed E-state index contributed by atoms with van der Waals surface area (Å²) in [6, 6.07) is 0. The van der Waals surface area contributed by atoms with Crippen molar-refractivity contribution in [3.8, 4) is 0 Å². The maximum absolute atomic E-state index is 10.8. The molecule has 0 saturated heterocycles. The van der Waals surface area contributed by atoms with Gasteiger partial charge in [0.2, 0.25) is 0 Å². The third kappa shape index (κ3) is 5.51.